The van der Waals surface area contributed by atoms with E-state index in [4.69, 9.17) is 32.7 Å². The average molecular weight is 600 g/mol. The number of anilines is 2. The van der Waals surface area contributed by atoms with Crippen LogP contribution in [0.1, 0.15) is 62.0 Å². The van der Waals surface area contributed by atoms with Crippen molar-refractivity contribution in [3.63, 3.8) is 0 Å². The number of nitrogens with one attached hydrogen (secondary N) is 2. The highest BCUT2D eigenvalue weighted by Gasteiger charge is 2.35. The fourth-order valence-corrected chi connectivity index (χ4v) is 4.73. The average Bonchev–Trinajstić information content (AvgIpc) is 3.72. The maximum atomic E-state index is 13.5. The number of hydrogen-bond donors (Lipinski definition) is 2. The number of carbonyl (C=O) groups excluding carboxylic acids is 3. The van der Waals surface area contributed by atoms with Gasteiger partial charge in [0.15, 0.2) is 6.20 Å². The summed E-state index contributed by atoms with van der Waals surface area (Å²) < 4.78 is 10.7. The van der Waals surface area contributed by atoms with Crippen LogP contribution < -0.4 is 15.4 Å². The summed E-state index contributed by atoms with van der Waals surface area (Å²) in [7, 11) is 1.27. The largest absolute Gasteiger partial charge is 0.618 e. The third kappa shape index (κ3) is 7.89. The smallest absolute Gasteiger partial charge is 0.412 e. The normalized spacial score (nSPS) is 13.7. The molecule has 0 saturated heterocycles. The molecule has 0 radical (unpaired) electrons. The lowest BCUT2D eigenvalue weighted by molar-refractivity contribution is -0.614. The lowest BCUT2D eigenvalue weighted by Crippen LogP contribution is -2.37. The Balaban J connectivity index is 1.61. The molecule has 2 aromatic carbocycles. The molecule has 1 fully saturated rings. The number of pyridine rings is 1. The summed E-state index contributed by atoms with van der Waals surface area (Å²) in [6, 6.07) is 12.6. The van der Waals surface area contributed by atoms with Crippen molar-refractivity contribution in [2.45, 2.75) is 51.6 Å². The van der Waals surface area contributed by atoms with Gasteiger partial charge in [0.05, 0.1) is 29.1 Å². The molecule has 1 aliphatic carbocycles. The number of rotatable bonds is 8. The van der Waals surface area contributed by atoms with E-state index in [1.165, 1.54) is 31.5 Å². The molecule has 1 atom stereocenters. The molecular formula is C30H31Cl2N3O6. The fraction of sp³-hybridized carbons (Fsp3) is 0.333. The van der Waals surface area contributed by atoms with Gasteiger partial charge in [0.2, 0.25) is 11.6 Å². The van der Waals surface area contributed by atoms with Crippen LogP contribution in [0.4, 0.5) is 16.2 Å². The molecule has 0 bridgehead atoms. The second-order valence-electron chi connectivity index (χ2n) is 10.9. The van der Waals surface area contributed by atoms with Gasteiger partial charge in [0.1, 0.15) is 11.5 Å². The van der Waals surface area contributed by atoms with Crippen molar-refractivity contribution in [3.05, 3.63) is 81.2 Å². The highest BCUT2D eigenvalue weighted by molar-refractivity contribution is 6.34. The molecular weight excluding hydrogens is 569 g/mol. The van der Waals surface area contributed by atoms with E-state index >= 15 is 0 Å². The third-order valence-electron chi connectivity index (χ3n) is 6.46. The van der Waals surface area contributed by atoms with Crippen molar-refractivity contribution >= 4 is 52.5 Å². The molecule has 1 aliphatic rings. The van der Waals surface area contributed by atoms with Gasteiger partial charge >= 0.3 is 12.1 Å². The summed E-state index contributed by atoms with van der Waals surface area (Å²) >= 11 is 12.6. The van der Waals surface area contributed by atoms with Crippen molar-refractivity contribution in [1.29, 1.82) is 0 Å². The SMILES string of the molecule is COC(=O)c1ccc(NC(=O)C(CC2CC2)c2ccc(-c3cc(Cl)ccc3NC(=O)OC(C)(C)C)c[n+]2[O-])c(Cl)c1. The van der Waals surface area contributed by atoms with Gasteiger partial charge in [-0.2, -0.15) is 4.73 Å². The van der Waals surface area contributed by atoms with E-state index < -0.39 is 29.5 Å². The maximum absolute atomic E-state index is 13.5. The van der Waals surface area contributed by atoms with Crippen LogP contribution in [-0.2, 0) is 14.3 Å². The van der Waals surface area contributed by atoms with Crippen LogP contribution in [0.5, 0.6) is 0 Å². The Kier molecular flexibility index (Phi) is 9.09. The lowest BCUT2D eigenvalue weighted by Gasteiger charge is -2.21. The Labute approximate surface area is 248 Å². The van der Waals surface area contributed by atoms with Crippen LogP contribution in [0.3, 0.4) is 0 Å². The molecule has 2 amide bonds. The summed E-state index contributed by atoms with van der Waals surface area (Å²) in [5.41, 5.74) is 1.55. The highest BCUT2D eigenvalue weighted by Crippen LogP contribution is 2.39. The monoisotopic (exact) mass is 599 g/mol. The maximum Gasteiger partial charge on any atom is 0.412 e. The first-order valence-corrected chi connectivity index (χ1v) is 13.8. The Morgan fingerprint density at radius 2 is 1.73 bits per heavy atom. The minimum absolute atomic E-state index is 0.169. The van der Waals surface area contributed by atoms with Crippen LogP contribution >= 0.6 is 23.2 Å². The van der Waals surface area contributed by atoms with Crippen LogP contribution in [0, 0.1) is 11.1 Å². The van der Waals surface area contributed by atoms with Crippen molar-refractivity contribution in [2.75, 3.05) is 17.7 Å². The molecule has 4 rings (SSSR count). The number of halogens is 2. The number of carbonyl (C=O) groups is 3. The van der Waals surface area contributed by atoms with Gasteiger partial charge in [-0.3, -0.25) is 10.1 Å². The summed E-state index contributed by atoms with van der Waals surface area (Å²) in [4.78, 5) is 37.7. The topological polar surface area (TPSA) is 121 Å². The van der Waals surface area contributed by atoms with E-state index in [1.807, 2.05) is 0 Å². The second-order valence-corrected chi connectivity index (χ2v) is 11.7. The summed E-state index contributed by atoms with van der Waals surface area (Å²) in [5.74, 6) is -1.35. The summed E-state index contributed by atoms with van der Waals surface area (Å²) in [6.45, 7) is 5.27. The number of benzene rings is 2. The zero-order valence-electron chi connectivity index (χ0n) is 23.1. The summed E-state index contributed by atoms with van der Waals surface area (Å²) in [5, 5.41) is 19.5. The molecule has 1 heterocycles. The molecule has 1 unspecified atom stereocenters. The molecule has 1 aromatic heterocycles. The first kappa shape index (κ1) is 30.1. The number of methoxy groups -OCH3 is 1. The number of nitrogens with zero attached hydrogens (tertiary/aromatic N) is 1. The molecule has 11 heteroatoms. The Bertz CT molecular complexity index is 1480. The van der Waals surface area contributed by atoms with Crippen molar-refractivity contribution < 1.29 is 28.6 Å². The molecule has 0 aliphatic heterocycles. The quantitative estimate of drug-likeness (QED) is 0.164. The zero-order chi connectivity index (χ0) is 29.9. The van der Waals surface area contributed by atoms with Crippen LogP contribution in [0.15, 0.2) is 54.7 Å². The number of ether oxygens (including phenoxy) is 2. The van der Waals surface area contributed by atoms with Gasteiger partial charge in [-0.15, -0.1) is 0 Å². The van der Waals surface area contributed by atoms with Gasteiger partial charge in [-0.25, -0.2) is 9.59 Å². The molecule has 1 saturated carbocycles. The van der Waals surface area contributed by atoms with Gasteiger partial charge in [-0.05, 0) is 75.6 Å². The third-order valence-corrected chi connectivity index (χ3v) is 7.01. The number of amides is 2. The molecule has 3 aromatic rings. The van der Waals surface area contributed by atoms with Gasteiger partial charge < -0.3 is 20.0 Å². The van der Waals surface area contributed by atoms with Gasteiger partial charge in [-0.1, -0.05) is 36.0 Å². The minimum Gasteiger partial charge on any atom is -0.618 e. The predicted octanol–water partition coefficient (Wildman–Crippen LogP) is 6.95. The van der Waals surface area contributed by atoms with Crippen molar-refractivity contribution in [1.82, 2.24) is 0 Å². The number of esters is 1. The standard InChI is InChI=1S/C30H31Cl2N3O6/c1-30(2,3)41-29(38)34-24-11-9-20(31)15-21(24)19-8-12-26(35(39)16-19)22(13-17-5-6-17)27(36)33-25-10-7-18(14-23(25)32)28(37)40-4/h7-12,14-17,22H,5-6,13H2,1-4H3,(H,33,36)(H,34,38). The second kappa shape index (κ2) is 12.4. The first-order chi connectivity index (χ1) is 19.3. The van der Waals surface area contributed by atoms with E-state index in [2.05, 4.69) is 10.6 Å². The van der Waals surface area contributed by atoms with Crippen molar-refractivity contribution in [2.24, 2.45) is 5.92 Å². The van der Waals surface area contributed by atoms with E-state index in [1.54, 1.807) is 51.1 Å². The zero-order valence-corrected chi connectivity index (χ0v) is 24.6. The highest BCUT2D eigenvalue weighted by atomic mass is 35.5. The first-order valence-electron chi connectivity index (χ1n) is 13.1. The molecule has 41 heavy (non-hydrogen) atoms. The van der Waals surface area contributed by atoms with Crippen LogP contribution in [0.2, 0.25) is 10.0 Å². The van der Waals surface area contributed by atoms with E-state index in [0.717, 1.165) is 12.8 Å². The Morgan fingerprint density at radius 1 is 1.02 bits per heavy atom. The van der Waals surface area contributed by atoms with E-state index in [-0.39, 0.29) is 16.3 Å². The Hall–Kier alpha value is -3.82. The fourth-order valence-electron chi connectivity index (χ4n) is 4.33. The summed E-state index contributed by atoms with van der Waals surface area (Å²) in [6.07, 6.45) is 3.17. The van der Waals surface area contributed by atoms with Crippen molar-refractivity contribution in [3.8, 4) is 11.1 Å². The van der Waals surface area contributed by atoms with Crippen LogP contribution in [0.25, 0.3) is 11.1 Å². The molecule has 216 valence electrons. The number of aromatic nitrogens is 1. The van der Waals surface area contributed by atoms with Gasteiger partial charge in [0.25, 0.3) is 0 Å². The molecule has 2 N–H and O–H groups in total. The Morgan fingerprint density at radius 3 is 2.34 bits per heavy atom. The molecule has 0 spiro atoms. The molecule has 9 nitrogen and oxygen atoms in total. The van der Waals surface area contributed by atoms with E-state index in [9.17, 15) is 19.6 Å². The van der Waals surface area contributed by atoms with Gasteiger partial charge in [0, 0.05) is 22.2 Å². The lowest BCUT2D eigenvalue weighted by atomic mass is 9.95. The van der Waals surface area contributed by atoms with Crippen LogP contribution in [-0.4, -0.2) is 30.7 Å². The van der Waals surface area contributed by atoms with E-state index in [0.29, 0.717) is 44.6 Å². The minimum atomic E-state index is -0.746. The number of hydrogen-bond acceptors (Lipinski definition) is 6. The predicted molar refractivity (Wildman–Crippen MR) is 157 cm³/mol.